The number of allylic oxidation sites excluding steroid dienone is 2. The van der Waals surface area contributed by atoms with Gasteiger partial charge in [-0.25, -0.2) is 0 Å². The first-order chi connectivity index (χ1) is 9.58. The van der Waals surface area contributed by atoms with Crippen molar-refractivity contribution in [3.05, 3.63) is 35.1 Å². The van der Waals surface area contributed by atoms with Crippen molar-refractivity contribution in [2.45, 2.75) is 26.2 Å². The largest absolute Gasteiger partial charge is 0.511 e. The Labute approximate surface area is 117 Å². The van der Waals surface area contributed by atoms with Crippen LogP contribution in [0.1, 0.15) is 30.4 Å². The molecule has 104 valence electrons. The van der Waals surface area contributed by atoms with E-state index in [-0.39, 0.29) is 29.1 Å². The number of fused-ring (bicyclic) bond motifs is 5. The van der Waals surface area contributed by atoms with Crippen molar-refractivity contribution in [1.82, 2.24) is 0 Å². The van der Waals surface area contributed by atoms with E-state index in [0.29, 0.717) is 23.0 Å². The van der Waals surface area contributed by atoms with Gasteiger partial charge < -0.3 is 10.2 Å². The molecule has 20 heavy (non-hydrogen) atoms. The third-order valence-electron chi connectivity index (χ3n) is 5.53. The SMILES string of the molecule is Cc1ccc(O)cc1C1=C(O)[C@@H]2[C@@H]3CC[C@@H](C3)[C@@H]2C1=O. The highest BCUT2D eigenvalue weighted by atomic mass is 16.3. The molecule has 3 nitrogen and oxygen atoms in total. The van der Waals surface area contributed by atoms with Crippen molar-refractivity contribution in [1.29, 1.82) is 0 Å². The molecule has 0 spiro atoms. The number of phenols is 1. The monoisotopic (exact) mass is 270 g/mol. The van der Waals surface area contributed by atoms with Crippen LogP contribution in [0.4, 0.5) is 0 Å². The number of carbonyl (C=O) groups excluding carboxylic acids is 1. The maximum atomic E-state index is 12.8. The van der Waals surface area contributed by atoms with E-state index in [1.807, 2.05) is 6.92 Å². The van der Waals surface area contributed by atoms with E-state index in [2.05, 4.69) is 0 Å². The van der Waals surface area contributed by atoms with Crippen LogP contribution in [0.25, 0.3) is 5.57 Å². The molecule has 2 saturated carbocycles. The lowest BCUT2D eigenvalue weighted by atomic mass is 9.80. The van der Waals surface area contributed by atoms with E-state index in [4.69, 9.17) is 0 Å². The van der Waals surface area contributed by atoms with E-state index in [1.165, 1.54) is 0 Å². The Kier molecular flexibility index (Phi) is 2.33. The molecular formula is C17H18O3. The highest BCUT2D eigenvalue weighted by molar-refractivity contribution is 6.25. The number of hydrogen-bond donors (Lipinski definition) is 2. The fourth-order valence-electron chi connectivity index (χ4n) is 4.67. The van der Waals surface area contributed by atoms with Gasteiger partial charge in [-0.2, -0.15) is 0 Å². The maximum Gasteiger partial charge on any atom is 0.170 e. The van der Waals surface area contributed by atoms with Crippen molar-refractivity contribution in [2.24, 2.45) is 23.7 Å². The first-order valence-electron chi connectivity index (χ1n) is 7.35. The number of ketones is 1. The van der Waals surface area contributed by atoms with Crippen molar-refractivity contribution in [3.8, 4) is 5.75 Å². The number of aromatic hydroxyl groups is 1. The van der Waals surface area contributed by atoms with Gasteiger partial charge in [0.2, 0.25) is 0 Å². The minimum atomic E-state index is -0.00880. The summed E-state index contributed by atoms with van der Waals surface area (Å²) in [5.74, 6) is 1.47. The van der Waals surface area contributed by atoms with Gasteiger partial charge in [0, 0.05) is 11.8 Å². The van der Waals surface area contributed by atoms with Crippen molar-refractivity contribution in [2.75, 3.05) is 0 Å². The summed E-state index contributed by atoms with van der Waals surface area (Å²) < 4.78 is 0. The molecule has 3 aliphatic rings. The van der Waals surface area contributed by atoms with Gasteiger partial charge in [0.05, 0.1) is 5.57 Å². The highest BCUT2D eigenvalue weighted by Gasteiger charge is 2.57. The maximum absolute atomic E-state index is 12.8. The lowest BCUT2D eigenvalue weighted by Crippen LogP contribution is -2.24. The molecule has 0 radical (unpaired) electrons. The summed E-state index contributed by atoms with van der Waals surface area (Å²) in [4.78, 5) is 12.8. The second-order valence-corrected chi connectivity index (χ2v) is 6.51. The van der Waals surface area contributed by atoms with Crippen LogP contribution in [0.2, 0.25) is 0 Å². The lowest BCUT2D eigenvalue weighted by Gasteiger charge is -2.23. The van der Waals surface area contributed by atoms with Crippen molar-refractivity contribution < 1.29 is 15.0 Å². The average molecular weight is 270 g/mol. The van der Waals surface area contributed by atoms with Crippen LogP contribution in [0, 0.1) is 30.6 Å². The molecule has 0 saturated heterocycles. The Hall–Kier alpha value is -1.77. The fraction of sp³-hybridized carbons (Fsp3) is 0.471. The zero-order chi connectivity index (χ0) is 14.0. The third kappa shape index (κ3) is 1.38. The molecule has 0 aromatic heterocycles. The number of phenolic OH excluding ortho intramolecular Hbond substituents is 1. The van der Waals surface area contributed by atoms with Crippen LogP contribution in [-0.4, -0.2) is 16.0 Å². The first-order valence-corrected chi connectivity index (χ1v) is 7.35. The van der Waals surface area contributed by atoms with Gasteiger partial charge in [0.15, 0.2) is 5.78 Å². The van der Waals surface area contributed by atoms with Gasteiger partial charge in [-0.15, -0.1) is 0 Å². The van der Waals surface area contributed by atoms with Crippen LogP contribution < -0.4 is 0 Å². The fourth-order valence-corrected chi connectivity index (χ4v) is 4.67. The lowest BCUT2D eigenvalue weighted by molar-refractivity contribution is -0.118. The zero-order valence-electron chi connectivity index (χ0n) is 11.5. The quantitative estimate of drug-likeness (QED) is 0.823. The van der Waals surface area contributed by atoms with Gasteiger partial charge in [0.1, 0.15) is 11.5 Å². The number of aliphatic hydroxyl groups excluding tert-OH is 1. The number of aryl methyl sites for hydroxylation is 1. The molecule has 2 bridgehead atoms. The smallest absolute Gasteiger partial charge is 0.170 e. The van der Waals surface area contributed by atoms with E-state index in [0.717, 1.165) is 24.8 Å². The van der Waals surface area contributed by atoms with Gasteiger partial charge >= 0.3 is 0 Å². The molecule has 0 unspecified atom stereocenters. The van der Waals surface area contributed by atoms with Crippen LogP contribution in [0.3, 0.4) is 0 Å². The van der Waals surface area contributed by atoms with Crippen LogP contribution in [0.15, 0.2) is 24.0 Å². The average Bonchev–Trinajstić information content (AvgIpc) is 3.08. The summed E-state index contributed by atoms with van der Waals surface area (Å²) in [6.07, 6.45) is 3.35. The summed E-state index contributed by atoms with van der Waals surface area (Å²) in [5, 5.41) is 20.3. The molecule has 0 heterocycles. The van der Waals surface area contributed by atoms with Crippen molar-refractivity contribution >= 4 is 11.4 Å². The number of carbonyl (C=O) groups is 1. The molecule has 3 heteroatoms. The Morgan fingerprint density at radius 3 is 2.50 bits per heavy atom. The van der Waals surface area contributed by atoms with E-state index in [9.17, 15) is 15.0 Å². The molecule has 4 rings (SSSR count). The molecule has 0 aliphatic heterocycles. The molecule has 2 N–H and O–H groups in total. The van der Waals surface area contributed by atoms with Crippen LogP contribution in [-0.2, 0) is 4.79 Å². The van der Waals surface area contributed by atoms with E-state index < -0.39 is 0 Å². The second-order valence-electron chi connectivity index (χ2n) is 6.51. The molecule has 1 aromatic carbocycles. The summed E-state index contributed by atoms with van der Waals surface area (Å²) >= 11 is 0. The molecule has 2 fully saturated rings. The van der Waals surface area contributed by atoms with E-state index in [1.54, 1.807) is 18.2 Å². The van der Waals surface area contributed by atoms with Crippen LogP contribution >= 0.6 is 0 Å². The second kappa shape index (κ2) is 3.87. The minimum absolute atomic E-state index is 0.00880. The van der Waals surface area contributed by atoms with Gasteiger partial charge in [-0.3, -0.25) is 4.79 Å². The predicted octanol–water partition coefficient (Wildman–Crippen LogP) is 3.21. The summed E-state index contributed by atoms with van der Waals surface area (Å²) in [7, 11) is 0. The molecule has 0 amide bonds. The number of benzene rings is 1. The normalized spacial score (nSPS) is 35.0. The predicted molar refractivity (Wildman–Crippen MR) is 75.2 cm³/mol. The number of rotatable bonds is 1. The van der Waals surface area contributed by atoms with Gasteiger partial charge in [-0.05, 0) is 61.3 Å². The Bertz CT molecular complexity index is 644. The van der Waals surface area contributed by atoms with Gasteiger partial charge in [-0.1, -0.05) is 6.07 Å². The van der Waals surface area contributed by atoms with Gasteiger partial charge in [0.25, 0.3) is 0 Å². The summed E-state index contributed by atoms with van der Waals surface area (Å²) in [6, 6.07) is 5.00. The van der Waals surface area contributed by atoms with Crippen molar-refractivity contribution in [3.63, 3.8) is 0 Å². The third-order valence-corrected chi connectivity index (χ3v) is 5.53. The zero-order valence-corrected chi connectivity index (χ0v) is 11.5. The topological polar surface area (TPSA) is 57.5 Å². The first kappa shape index (κ1) is 12.0. The number of Topliss-reactive ketones (excluding diaryl/α,β-unsaturated/α-hetero) is 1. The minimum Gasteiger partial charge on any atom is -0.511 e. The Morgan fingerprint density at radius 1 is 1.10 bits per heavy atom. The Balaban J connectivity index is 1.86. The number of aliphatic hydroxyl groups is 1. The summed E-state index contributed by atoms with van der Waals surface area (Å²) in [6.45, 7) is 1.91. The van der Waals surface area contributed by atoms with Crippen LogP contribution in [0.5, 0.6) is 5.75 Å². The molecule has 3 aliphatic carbocycles. The highest BCUT2D eigenvalue weighted by Crippen LogP contribution is 2.60. The van der Waals surface area contributed by atoms with E-state index >= 15 is 0 Å². The molecular weight excluding hydrogens is 252 g/mol. The molecule has 4 atom stereocenters. The number of hydrogen-bond acceptors (Lipinski definition) is 3. The standard InChI is InChI=1S/C17H18O3/c1-8-2-5-11(18)7-12(8)15-16(19)13-9-3-4-10(6-9)14(13)17(15)20/h2,5,7,9-10,13-14,18-19H,3-4,6H2,1H3/t9-,10+,13-,14+/m1/s1. The Morgan fingerprint density at radius 2 is 1.80 bits per heavy atom. The summed E-state index contributed by atoms with van der Waals surface area (Å²) in [5.41, 5.74) is 2.08. The molecule has 1 aromatic rings.